The maximum atomic E-state index is 9.95. The Morgan fingerprint density at radius 2 is 2.14 bits per heavy atom. The molecule has 1 aromatic heterocycles. The van der Waals surface area contributed by atoms with E-state index >= 15 is 0 Å². The van der Waals surface area contributed by atoms with Crippen molar-refractivity contribution < 1.29 is 9.84 Å². The number of aliphatic hydroxyl groups is 1. The minimum absolute atomic E-state index is 0.171. The van der Waals surface area contributed by atoms with Crippen molar-refractivity contribution >= 4 is 34.5 Å². The van der Waals surface area contributed by atoms with Gasteiger partial charge in [0, 0.05) is 17.6 Å². The Balaban J connectivity index is 1.75. The van der Waals surface area contributed by atoms with Crippen LogP contribution < -0.4 is 10.1 Å². The first-order valence-electron chi connectivity index (χ1n) is 6.57. The first kappa shape index (κ1) is 16.6. The first-order chi connectivity index (χ1) is 10.1. The summed E-state index contributed by atoms with van der Waals surface area (Å²) < 4.78 is 5.50. The van der Waals surface area contributed by atoms with E-state index < -0.39 is 6.10 Å². The molecule has 2 unspecified atom stereocenters. The van der Waals surface area contributed by atoms with Crippen molar-refractivity contribution in [2.24, 2.45) is 0 Å². The average molecular weight is 346 g/mol. The largest absolute Gasteiger partial charge is 0.489 e. The lowest BCUT2D eigenvalue weighted by molar-refractivity contribution is 0.104. The van der Waals surface area contributed by atoms with E-state index in [1.54, 1.807) is 29.5 Å². The van der Waals surface area contributed by atoms with Crippen LogP contribution in [0.25, 0.3) is 0 Å². The summed E-state index contributed by atoms with van der Waals surface area (Å²) in [7, 11) is 0. The highest BCUT2D eigenvalue weighted by atomic mass is 35.5. The second kappa shape index (κ2) is 8.01. The zero-order chi connectivity index (χ0) is 15.2. The Bertz CT molecular complexity index is 563. The van der Waals surface area contributed by atoms with E-state index in [-0.39, 0.29) is 12.6 Å². The number of aliphatic hydroxyl groups excluding tert-OH is 1. The Labute approximate surface area is 138 Å². The van der Waals surface area contributed by atoms with Gasteiger partial charge in [0.05, 0.1) is 5.02 Å². The molecule has 0 spiro atoms. The third-order valence-corrected chi connectivity index (χ3v) is 4.26. The lowest BCUT2D eigenvalue weighted by atomic mass is 10.2. The second-order valence-corrected chi connectivity index (χ2v) is 6.35. The normalized spacial score (nSPS) is 13.9. The molecule has 0 bridgehead atoms. The number of rotatable bonds is 7. The summed E-state index contributed by atoms with van der Waals surface area (Å²) in [4.78, 5) is 0. The molecule has 114 valence electrons. The molecule has 0 saturated heterocycles. The fourth-order valence-electron chi connectivity index (χ4n) is 1.79. The van der Waals surface area contributed by atoms with E-state index in [4.69, 9.17) is 27.9 Å². The summed E-state index contributed by atoms with van der Waals surface area (Å²) >= 11 is 13.5. The van der Waals surface area contributed by atoms with Crippen molar-refractivity contribution in [2.45, 2.75) is 19.1 Å². The predicted molar refractivity (Wildman–Crippen MR) is 88.7 cm³/mol. The Kier molecular flexibility index (Phi) is 6.33. The fraction of sp³-hybridized carbons (Fsp3) is 0.333. The van der Waals surface area contributed by atoms with Crippen molar-refractivity contribution in [3.8, 4) is 5.75 Å². The van der Waals surface area contributed by atoms with Crippen LogP contribution in [0.15, 0.2) is 35.0 Å². The van der Waals surface area contributed by atoms with Crippen LogP contribution in [-0.4, -0.2) is 24.4 Å². The van der Waals surface area contributed by atoms with E-state index in [0.29, 0.717) is 22.3 Å². The lowest BCUT2D eigenvalue weighted by Crippen LogP contribution is -2.32. The van der Waals surface area contributed by atoms with Gasteiger partial charge in [-0.2, -0.15) is 11.3 Å². The number of halogens is 2. The van der Waals surface area contributed by atoms with Crippen LogP contribution in [0.2, 0.25) is 10.0 Å². The molecule has 0 radical (unpaired) electrons. The van der Waals surface area contributed by atoms with Crippen LogP contribution in [0.3, 0.4) is 0 Å². The molecular formula is C15H17Cl2NO2S. The molecule has 3 nitrogen and oxygen atoms in total. The van der Waals surface area contributed by atoms with Gasteiger partial charge in [-0.05, 0) is 47.5 Å². The van der Waals surface area contributed by atoms with Gasteiger partial charge in [-0.15, -0.1) is 0 Å². The number of hydrogen-bond donors (Lipinski definition) is 2. The van der Waals surface area contributed by atoms with Crippen molar-refractivity contribution in [2.75, 3.05) is 13.2 Å². The maximum Gasteiger partial charge on any atom is 0.138 e. The summed E-state index contributed by atoms with van der Waals surface area (Å²) in [5.74, 6) is 0.519. The Morgan fingerprint density at radius 3 is 2.81 bits per heavy atom. The molecule has 0 amide bonds. The van der Waals surface area contributed by atoms with E-state index in [9.17, 15) is 5.11 Å². The first-order valence-corrected chi connectivity index (χ1v) is 8.27. The summed E-state index contributed by atoms with van der Waals surface area (Å²) in [5, 5.41) is 18.3. The van der Waals surface area contributed by atoms with Crippen molar-refractivity contribution in [3.63, 3.8) is 0 Å². The van der Waals surface area contributed by atoms with Gasteiger partial charge in [-0.25, -0.2) is 0 Å². The van der Waals surface area contributed by atoms with Gasteiger partial charge in [0.15, 0.2) is 0 Å². The van der Waals surface area contributed by atoms with Crippen LogP contribution >= 0.6 is 34.5 Å². The highest BCUT2D eigenvalue weighted by molar-refractivity contribution is 7.07. The zero-order valence-electron chi connectivity index (χ0n) is 11.6. The summed E-state index contributed by atoms with van der Waals surface area (Å²) in [6.45, 7) is 2.68. The number of nitrogens with one attached hydrogen (secondary N) is 1. The van der Waals surface area contributed by atoms with E-state index in [0.717, 1.165) is 0 Å². The molecule has 0 aliphatic rings. The molecule has 0 aliphatic heterocycles. The number of benzene rings is 1. The minimum atomic E-state index is -0.613. The van der Waals surface area contributed by atoms with Gasteiger partial charge in [-0.1, -0.05) is 23.2 Å². The molecule has 21 heavy (non-hydrogen) atoms. The van der Waals surface area contributed by atoms with Crippen LogP contribution in [0.1, 0.15) is 18.5 Å². The Morgan fingerprint density at radius 1 is 1.33 bits per heavy atom. The van der Waals surface area contributed by atoms with Gasteiger partial charge in [0.2, 0.25) is 0 Å². The lowest BCUT2D eigenvalue weighted by Gasteiger charge is -2.17. The minimum Gasteiger partial charge on any atom is -0.489 e. The second-order valence-electron chi connectivity index (χ2n) is 4.73. The molecule has 6 heteroatoms. The van der Waals surface area contributed by atoms with Crippen molar-refractivity contribution in [1.82, 2.24) is 5.32 Å². The van der Waals surface area contributed by atoms with Gasteiger partial charge in [-0.3, -0.25) is 0 Å². The molecule has 0 fully saturated rings. The summed E-state index contributed by atoms with van der Waals surface area (Å²) in [6, 6.07) is 7.27. The summed E-state index contributed by atoms with van der Waals surface area (Å²) in [5.41, 5.74) is 1.22. The third-order valence-electron chi connectivity index (χ3n) is 3.03. The molecular weight excluding hydrogens is 329 g/mol. The molecule has 2 rings (SSSR count). The van der Waals surface area contributed by atoms with Crippen LogP contribution in [0, 0.1) is 0 Å². The van der Waals surface area contributed by atoms with Crippen LogP contribution in [0.5, 0.6) is 5.75 Å². The van der Waals surface area contributed by atoms with Gasteiger partial charge < -0.3 is 15.2 Å². The monoisotopic (exact) mass is 345 g/mol. The smallest absolute Gasteiger partial charge is 0.138 e. The fourth-order valence-corrected chi connectivity index (χ4v) is 3.01. The highest BCUT2D eigenvalue weighted by Crippen LogP contribution is 2.27. The highest BCUT2D eigenvalue weighted by Gasteiger charge is 2.11. The molecule has 1 aromatic carbocycles. The van der Waals surface area contributed by atoms with Gasteiger partial charge in [0.25, 0.3) is 0 Å². The van der Waals surface area contributed by atoms with Gasteiger partial charge in [0.1, 0.15) is 18.5 Å². The number of thiophene rings is 1. The average Bonchev–Trinajstić information content (AvgIpc) is 2.98. The molecule has 0 saturated carbocycles. The molecule has 2 atom stereocenters. The third kappa shape index (κ3) is 5.16. The molecule has 1 heterocycles. The standard InChI is InChI=1S/C15H17Cl2NO2S/c1-10(11-4-5-21-9-11)18-7-13(19)8-20-15-3-2-12(16)6-14(15)17/h2-6,9-10,13,18-19H,7-8H2,1H3. The van der Waals surface area contributed by atoms with E-state index in [1.165, 1.54) is 5.56 Å². The molecule has 2 N–H and O–H groups in total. The Hall–Kier alpha value is -0.780. The number of ether oxygens (including phenoxy) is 1. The number of hydrogen-bond acceptors (Lipinski definition) is 4. The quantitative estimate of drug-likeness (QED) is 0.792. The van der Waals surface area contributed by atoms with Gasteiger partial charge >= 0.3 is 0 Å². The molecule has 2 aromatic rings. The predicted octanol–water partition coefficient (Wildman–Crippen LogP) is 4.15. The molecule has 0 aliphatic carbocycles. The van der Waals surface area contributed by atoms with E-state index in [1.807, 2.05) is 5.38 Å². The maximum absolute atomic E-state index is 9.95. The van der Waals surface area contributed by atoms with Crippen molar-refractivity contribution in [3.05, 3.63) is 50.6 Å². The summed E-state index contributed by atoms with van der Waals surface area (Å²) in [6.07, 6.45) is -0.613. The van der Waals surface area contributed by atoms with Crippen molar-refractivity contribution in [1.29, 1.82) is 0 Å². The van der Waals surface area contributed by atoms with Crippen LogP contribution in [-0.2, 0) is 0 Å². The van der Waals surface area contributed by atoms with E-state index in [2.05, 4.69) is 23.7 Å². The van der Waals surface area contributed by atoms with Crippen LogP contribution in [0.4, 0.5) is 0 Å². The topological polar surface area (TPSA) is 41.5 Å². The SMILES string of the molecule is CC(NCC(O)COc1ccc(Cl)cc1Cl)c1ccsc1. The zero-order valence-corrected chi connectivity index (χ0v) is 13.9.